The minimum atomic E-state index is 0.144. The molecule has 1 aromatic carbocycles. The molecule has 4 nitrogen and oxygen atoms in total. The molecular formula is C17H20N2O2. The molecule has 0 saturated carbocycles. The van der Waals surface area contributed by atoms with Crippen molar-refractivity contribution >= 4 is 5.91 Å². The molecule has 4 heteroatoms. The van der Waals surface area contributed by atoms with Gasteiger partial charge in [0.2, 0.25) is 0 Å². The van der Waals surface area contributed by atoms with Crippen molar-refractivity contribution in [1.82, 2.24) is 9.88 Å². The topological polar surface area (TPSA) is 46.3 Å². The highest BCUT2D eigenvalue weighted by Gasteiger charge is 2.26. The van der Waals surface area contributed by atoms with Crippen molar-refractivity contribution in [3.8, 4) is 11.3 Å². The molecule has 0 aliphatic carbocycles. The molecular weight excluding hydrogens is 264 g/mol. The van der Waals surface area contributed by atoms with E-state index in [9.17, 15) is 4.79 Å². The minimum absolute atomic E-state index is 0.144. The Morgan fingerprint density at radius 1 is 1.33 bits per heavy atom. The van der Waals surface area contributed by atoms with Crippen molar-refractivity contribution in [3.05, 3.63) is 42.4 Å². The third kappa shape index (κ3) is 2.84. The zero-order valence-corrected chi connectivity index (χ0v) is 12.3. The molecule has 1 saturated heterocycles. The fourth-order valence-electron chi connectivity index (χ4n) is 2.99. The predicted octanol–water partition coefficient (Wildman–Crippen LogP) is 3.75. The van der Waals surface area contributed by atoms with Crippen LogP contribution in [0.3, 0.4) is 0 Å². The highest BCUT2D eigenvalue weighted by molar-refractivity contribution is 5.95. The summed E-state index contributed by atoms with van der Waals surface area (Å²) in [7, 11) is 0. The number of hydrogen-bond acceptors (Lipinski definition) is 3. The Hall–Kier alpha value is -2.10. The van der Waals surface area contributed by atoms with Crippen LogP contribution in [0.4, 0.5) is 0 Å². The van der Waals surface area contributed by atoms with Gasteiger partial charge >= 0.3 is 0 Å². The molecule has 21 heavy (non-hydrogen) atoms. The molecule has 1 unspecified atom stereocenters. The Kier molecular flexibility index (Phi) is 4.04. The van der Waals surface area contributed by atoms with E-state index in [-0.39, 0.29) is 5.91 Å². The third-order valence-corrected chi connectivity index (χ3v) is 4.21. The molecule has 1 aromatic heterocycles. The highest BCUT2D eigenvalue weighted by Crippen LogP contribution is 2.23. The molecule has 110 valence electrons. The number of rotatable bonds is 3. The lowest BCUT2D eigenvalue weighted by Crippen LogP contribution is -2.43. The number of hydrogen-bond donors (Lipinski definition) is 0. The van der Waals surface area contributed by atoms with Gasteiger partial charge in [0.15, 0.2) is 12.2 Å². The number of aromatic nitrogens is 1. The maximum Gasteiger partial charge on any atom is 0.254 e. The van der Waals surface area contributed by atoms with E-state index < -0.39 is 0 Å². The molecule has 0 spiro atoms. The SMILES string of the molecule is CCC1CCCCN1C(=O)c1ccc(-c2cnco2)cc1. The monoisotopic (exact) mass is 284 g/mol. The Labute approximate surface area is 124 Å². The van der Waals surface area contributed by atoms with Crippen LogP contribution in [0.15, 0.2) is 41.3 Å². The number of amides is 1. The molecule has 0 radical (unpaired) electrons. The summed E-state index contributed by atoms with van der Waals surface area (Å²) in [5, 5.41) is 0. The summed E-state index contributed by atoms with van der Waals surface area (Å²) in [6.45, 7) is 3.03. The average Bonchev–Trinajstić information content (AvgIpc) is 3.09. The van der Waals surface area contributed by atoms with E-state index in [1.54, 1.807) is 6.20 Å². The number of nitrogens with zero attached hydrogens (tertiary/aromatic N) is 2. The van der Waals surface area contributed by atoms with Crippen molar-refractivity contribution in [3.63, 3.8) is 0 Å². The fraction of sp³-hybridized carbons (Fsp3) is 0.412. The lowest BCUT2D eigenvalue weighted by Gasteiger charge is -2.35. The van der Waals surface area contributed by atoms with Crippen molar-refractivity contribution in [2.45, 2.75) is 38.6 Å². The molecule has 2 aromatic rings. The van der Waals surface area contributed by atoms with Gasteiger partial charge in [-0.25, -0.2) is 4.98 Å². The molecule has 1 aliphatic heterocycles. The Morgan fingerprint density at radius 2 is 2.14 bits per heavy atom. The molecule has 1 atom stereocenters. The summed E-state index contributed by atoms with van der Waals surface area (Å²) in [6, 6.07) is 7.97. The summed E-state index contributed by atoms with van der Waals surface area (Å²) in [5.41, 5.74) is 1.69. The summed E-state index contributed by atoms with van der Waals surface area (Å²) < 4.78 is 5.26. The molecule has 1 amide bonds. The third-order valence-electron chi connectivity index (χ3n) is 4.21. The van der Waals surface area contributed by atoms with Gasteiger partial charge in [-0.05, 0) is 37.8 Å². The lowest BCUT2D eigenvalue weighted by atomic mass is 9.98. The van der Waals surface area contributed by atoms with Gasteiger partial charge in [-0.2, -0.15) is 0 Å². The van der Waals surface area contributed by atoms with Gasteiger partial charge in [0, 0.05) is 23.7 Å². The van der Waals surface area contributed by atoms with E-state index in [4.69, 9.17) is 4.42 Å². The summed E-state index contributed by atoms with van der Waals surface area (Å²) >= 11 is 0. The van der Waals surface area contributed by atoms with Crippen LogP contribution >= 0.6 is 0 Å². The molecule has 0 N–H and O–H groups in total. The Bertz CT molecular complexity index is 590. The van der Waals surface area contributed by atoms with Crippen LogP contribution in [0.1, 0.15) is 43.0 Å². The second kappa shape index (κ2) is 6.12. The van der Waals surface area contributed by atoms with E-state index in [0.29, 0.717) is 6.04 Å². The summed E-state index contributed by atoms with van der Waals surface area (Å²) in [5.74, 6) is 0.865. The molecule has 0 bridgehead atoms. The first-order chi connectivity index (χ1) is 10.3. The maximum absolute atomic E-state index is 12.7. The van der Waals surface area contributed by atoms with Crippen LogP contribution in [0.2, 0.25) is 0 Å². The second-order valence-electron chi connectivity index (χ2n) is 5.50. The predicted molar refractivity (Wildman–Crippen MR) is 80.9 cm³/mol. The van der Waals surface area contributed by atoms with Crippen molar-refractivity contribution in [2.24, 2.45) is 0 Å². The molecule has 2 heterocycles. The fourth-order valence-corrected chi connectivity index (χ4v) is 2.99. The summed E-state index contributed by atoms with van der Waals surface area (Å²) in [6.07, 6.45) is 7.58. The number of likely N-dealkylation sites (tertiary alicyclic amines) is 1. The first-order valence-corrected chi connectivity index (χ1v) is 7.59. The van der Waals surface area contributed by atoms with Crippen LogP contribution in [-0.4, -0.2) is 28.4 Å². The van der Waals surface area contributed by atoms with Gasteiger partial charge in [-0.1, -0.05) is 19.1 Å². The molecule has 1 fully saturated rings. The largest absolute Gasteiger partial charge is 0.444 e. The van der Waals surface area contributed by atoms with Gasteiger partial charge in [-0.15, -0.1) is 0 Å². The Balaban J connectivity index is 1.78. The zero-order chi connectivity index (χ0) is 14.7. The number of piperidine rings is 1. The van der Waals surface area contributed by atoms with Crippen molar-refractivity contribution < 1.29 is 9.21 Å². The smallest absolute Gasteiger partial charge is 0.254 e. The maximum atomic E-state index is 12.7. The quantitative estimate of drug-likeness (QED) is 0.862. The van der Waals surface area contributed by atoms with E-state index >= 15 is 0 Å². The second-order valence-corrected chi connectivity index (χ2v) is 5.50. The van der Waals surface area contributed by atoms with Crippen molar-refractivity contribution in [2.75, 3.05) is 6.54 Å². The normalized spacial score (nSPS) is 18.7. The lowest BCUT2D eigenvalue weighted by molar-refractivity contribution is 0.0608. The van der Waals surface area contributed by atoms with Crippen LogP contribution < -0.4 is 0 Å². The van der Waals surface area contributed by atoms with E-state index in [1.165, 1.54) is 12.8 Å². The van der Waals surface area contributed by atoms with E-state index in [0.717, 1.165) is 42.7 Å². The standard InChI is InChI=1S/C17H20N2O2/c1-2-15-5-3-4-10-19(15)17(20)14-8-6-13(7-9-14)16-11-18-12-21-16/h6-9,11-12,15H,2-5,10H2,1H3. The van der Waals surface area contributed by atoms with E-state index in [1.807, 2.05) is 29.2 Å². The summed E-state index contributed by atoms with van der Waals surface area (Å²) in [4.78, 5) is 18.6. The number of carbonyl (C=O) groups is 1. The molecule has 3 rings (SSSR count). The average molecular weight is 284 g/mol. The van der Waals surface area contributed by atoms with Gasteiger partial charge in [-0.3, -0.25) is 4.79 Å². The van der Waals surface area contributed by atoms with Gasteiger partial charge in [0.1, 0.15) is 0 Å². The highest BCUT2D eigenvalue weighted by atomic mass is 16.3. The Morgan fingerprint density at radius 3 is 2.81 bits per heavy atom. The molecule has 1 aliphatic rings. The van der Waals surface area contributed by atoms with Gasteiger partial charge in [0.25, 0.3) is 5.91 Å². The number of carbonyl (C=O) groups excluding carboxylic acids is 1. The van der Waals surface area contributed by atoms with Crippen LogP contribution in [0.25, 0.3) is 11.3 Å². The van der Waals surface area contributed by atoms with Crippen LogP contribution in [0, 0.1) is 0 Å². The van der Waals surface area contributed by atoms with Crippen molar-refractivity contribution in [1.29, 1.82) is 0 Å². The van der Waals surface area contributed by atoms with Crippen LogP contribution in [-0.2, 0) is 0 Å². The van der Waals surface area contributed by atoms with Crippen LogP contribution in [0.5, 0.6) is 0 Å². The van der Waals surface area contributed by atoms with E-state index in [2.05, 4.69) is 11.9 Å². The number of benzene rings is 1. The van der Waals surface area contributed by atoms with Gasteiger partial charge in [0.05, 0.1) is 6.20 Å². The minimum Gasteiger partial charge on any atom is -0.444 e. The van der Waals surface area contributed by atoms with Gasteiger partial charge < -0.3 is 9.32 Å². The first kappa shape index (κ1) is 13.9. The first-order valence-electron chi connectivity index (χ1n) is 7.59. The number of oxazole rings is 1. The zero-order valence-electron chi connectivity index (χ0n) is 12.3.